The molecule has 0 heterocycles. The Morgan fingerprint density at radius 1 is 1.50 bits per heavy atom. The molecule has 16 heavy (non-hydrogen) atoms. The Kier molecular flexibility index (Phi) is 3.29. The fourth-order valence-corrected chi connectivity index (χ4v) is 2.13. The predicted molar refractivity (Wildman–Crippen MR) is 74.1 cm³/mol. The average Bonchev–Trinajstić information content (AvgIpc) is 3.05. The van der Waals surface area contributed by atoms with Crippen molar-refractivity contribution in [3.8, 4) is 0 Å². The van der Waals surface area contributed by atoms with Gasteiger partial charge in [-0.2, -0.15) is 0 Å². The van der Waals surface area contributed by atoms with E-state index in [4.69, 9.17) is 0 Å². The monoisotopic (exact) mass is 233 g/mol. The Morgan fingerprint density at radius 3 is 2.81 bits per heavy atom. The fraction of sp³-hybridized carbons (Fsp3) is 0.429. The van der Waals surface area contributed by atoms with Crippen LogP contribution < -0.4 is 5.32 Å². The smallest absolute Gasteiger partial charge is 0.0424 e. The van der Waals surface area contributed by atoms with Crippen molar-refractivity contribution in [2.75, 3.05) is 18.1 Å². The molecule has 1 fully saturated rings. The lowest BCUT2D eigenvalue weighted by atomic mass is 10.1. The molecule has 2 rings (SSSR count). The summed E-state index contributed by atoms with van der Waals surface area (Å²) in [6.45, 7) is 7.27. The van der Waals surface area contributed by atoms with E-state index in [1.165, 1.54) is 29.0 Å². The van der Waals surface area contributed by atoms with Crippen molar-refractivity contribution >= 4 is 23.5 Å². The second-order valence-corrected chi connectivity index (χ2v) is 5.70. The fourth-order valence-electron chi connectivity index (χ4n) is 1.69. The molecule has 1 aromatic rings. The molecule has 1 saturated carbocycles. The van der Waals surface area contributed by atoms with Crippen LogP contribution in [-0.4, -0.2) is 12.8 Å². The van der Waals surface area contributed by atoms with Crippen LogP contribution in [0.5, 0.6) is 0 Å². The van der Waals surface area contributed by atoms with Crippen LogP contribution in [0.2, 0.25) is 0 Å². The van der Waals surface area contributed by atoms with Gasteiger partial charge in [-0.05, 0) is 42.2 Å². The lowest BCUT2D eigenvalue weighted by Gasteiger charge is -2.14. The maximum absolute atomic E-state index is 3.86. The van der Waals surface area contributed by atoms with Crippen molar-refractivity contribution in [3.05, 3.63) is 30.3 Å². The first kappa shape index (κ1) is 11.6. The molecule has 0 unspecified atom stereocenters. The van der Waals surface area contributed by atoms with Crippen molar-refractivity contribution in [1.82, 2.24) is 0 Å². The molecular formula is C14H19NS. The first-order valence-corrected chi connectivity index (χ1v) is 6.94. The molecular weight excluding hydrogens is 214 g/mol. The first-order chi connectivity index (χ1) is 7.67. The van der Waals surface area contributed by atoms with Gasteiger partial charge in [0.15, 0.2) is 0 Å². The number of thioether (sulfide) groups is 1. The molecule has 1 N–H and O–H groups in total. The summed E-state index contributed by atoms with van der Waals surface area (Å²) in [6, 6.07) is 6.50. The van der Waals surface area contributed by atoms with E-state index < -0.39 is 0 Å². The molecule has 1 aromatic carbocycles. The van der Waals surface area contributed by atoms with Gasteiger partial charge in [0.05, 0.1) is 0 Å². The molecule has 0 atom stereocenters. The van der Waals surface area contributed by atoms with Gasteiger partial charge in [0.2, 0.25) is 0 Å². The summed E-state index contributed by atoms with van der Waals surface area (Å²) in [4.78, 5) is 1.30. The zero-order valence-corrected chi connectivity index (χ0v) is 10.9. The van der Waals surface area contributed by atoms with Crippen molar-refractivity contribution in [1.29, 1.82) is 0 Å². The number of hydrogen-bond donors (Lipinski definition) is 1. The summed E-state index contributed by atoms with van der Waals surface area (Å²) in [5.41, 5.74) is 2.95. The molecule has 0 spiro atoms. The van der Waals surface area contributed by atoms with Gasteiger partial charge in [0, 0.05) is 17.1 Å². The molecule has 0 radical (unpaired) electrons. The Balaban J connectivity index is 2.12. The number of benzene rings is 1. The van der Waals surface area contributed by atoms with E-state index in [0.717, 1.165) is 6.54 Å². The Hall–Kier alpha value is -0.890. The summed E-state index contributed by atoms with van der Waals surface area (Å²) in [7, 11) is 0. The van der Waals surface area contributed by atoms with E-state index in [-0.39, 0.29) is 0 Å². The van der Waals surface area contributed by atoms with Gasteiger partial charge in [-0.3, -0.25) is 0 Å². The van der Waals surface area contributed by atoms with Gasteiger partial charge in [-0.1, -0.05) is 25.6 Å². The van der Waals surface area contributed by atoms with Gasteiger partial charge in [-0.25, -0.2) is 0 Å². The average molecular weight is 233 g/mol. The third-order valence-corrected chi connectivity index (χ3v) is 4.01. The van der Waals surface area contributed by atoms with E-state index in [0.29, 0.717) is 5.41 Å². The zero-order chi connectivity index (χ0) is 11.6. The third-order valence-electron chi connectivity index (χ3n) is 3.29. The van der Waals surface area contributed by atoms with Gasteiger partial charge >= 0.3 is 0 Å². The van der Waals surface area contributed by atoms with Crippen molar-refractivity contribution in [2.24, 2.45) is 5.41 Å². The van der Waals surface area contributed by atoms with E-state index in [9.17, 15) is 0 Å². The molecule has 1 nitrogen and oxygen atoms in total. The predicted octanol–water partition coefficient (Wildman–Crippen LogP) is 4.26. The highest BCUT2D eigenvalue weighted by atomic mass is 32.2. The molecule has 0 bridgehead atoms. The summed E-state index contributed by atoms with van der Waals surface area (Å²) >= 11 is 1.78. The summed E-state index contributed by atoms with van der Waals surface area (Å²) in [6.07, 6.45) is 6.73. The number of anilines is 1. The van der Waals surface area contributed by atoms with Gasteiger partial charge < -0.3 is 5.32 Å². The molecule has 0 aromatic heterocycles. The highest BCUT2D eigenvalue weighted by molar-refractivity contribution is 7.98. The van der Waals surface area contributed by atoms with E-state index in [2.05, 4.69) is 43.3 Å². The topological polar surface area (TPSA) is 12.0 Å². The van der Waals surface area contributed by atoms with E-state index >= 15 is 0 Å². The Labute approximate surface area is 102 Å². The SMILES string of the molecule is C=Cc1ccc(SC)cc1NCC1(C)CC1. The number of rotatable bonds is 5. The Bertz CT molecular complexity index is 394. The minimum absolute atomic E-state index is 0.536. The lowest BCUT2D eigenvalue weighted by molar-refractivity contribution is 0.610. The van der Waals surface area contributed by atoms with Gasteiger partial charge in [0.1, 0.15) is 0 Å². The van der Waals surface area contributed by atoms with Crippen LogP contribution in [0.25, 0.3) is 6.08 Å². The van der Waals surface area contributed by atoms with Crippen molar-refractivity contribution in [2.45, 2.75) is 24.7 Å². The molecule has 86 valence electrons. The summed E-state index contributed by atoms with van der Waals surface area (Å²) < 4.78 is 0. The van der Waals surface area contributed by atoms with E-state index in [1.54, 1.807) is 11.8 Å². The van der Waals surface area contributed by atoms with Crippen molar-refractivity contribution in [3.63, 3.8) is 0 Å². The molecule has 0 aliphatic heterocycles. The van der Waals surface area contributed by atoms with Crippen LogP contribution >= 0.6 is 11.8 Å². The summed E-state index contributed by atoms with van der Waals surface area (Å²) in [5.74, 6) is 0. The first-order valence-electron chi connectivity index (χ1n) is 5.71. The largest absolute Gasteiger partial charge is 0.384 e. The zero-order valence-electron chi connectivity index (χ0n) is 10.0. The molecule has 2 heteroatoms. The molecule has 1 aliphatic carbocycles. The highest BCUT2D eigenvalue weighted by Crippen LogP contribution is 2.45. The second kappa shape index (κ2) is 4.54. The van der Waals surface area contributed by atoms with Crippen LogP contribution in [0.3, 0.4) is 0 Å². The van der Waals surface area contributed by atoms with Crippen molar-refractivity contribution < 1.29 is 0 Å². The maximum atomic E-state index is 3.86. The maximum Gasteiger partial charge on any atom is 0.0424 e. The number of nitrogens with one attached hydrogen (secondary N) is 1. The molecule has 1 aliphatic rings. The van der Waals surface area contributed by atoms with Crippen LogP contribution in [0.15, 0.2) is 29.7 Å². The minimum atomic E-state index is 0.536. The lowest BCUT2D eigenvalue weighted by Crippen LogP contribution is -2.12. The minimum Gasteiger partial charge on any atom is -0.384 e. The van der Waals surface area contributed by atoms with E-state index in [1.807, 2.05) is 6.08 Å². The normalized spacial score (nSPS) is 16.9. The van der Waals surface area contributed by atoms with Crippen LogP contribution in [0.1, 0.15) is 25.3 Å². The third kappa shape index (κ3) is 2.62. The Morgan fingerprint density at radius 2 is 2.25 bits per heavy atom. The molecule has 0 amide bonds. The standard InChI is InChI=1S/C14H19NS/c1-4-11-5-6-12(16-3)9-13(11)15-10-14(2)7-8-14/h4-6,9,15H,1,7-8,10H2,2-3H3. The molecule has 0 saturated heterocycles. The van der Waals surface area contributed by atoms with Crippen LogP contribution in [-0.2, 0) is 0 Å². The van der Waals surface area contributed by atoms with Crippen LogP contribution in [0, 0.1) is 5.41 Å². The second-order valence-electron chi connectivity index (χ2n) is 4.82. The van der Waals surface area contributed by atoms with Gasteiger partial charge in [0.25, 0.3) is 0 Å². The highest BCUT2D eigenvalue weighted by Gasteiger charge is 2.36. The number of hydrogen-bond acceptors (Lipinski definition) is 2. The summed E-state index contributed by atoms with van der Waals surface area (Å²) in [5, 5.41) is 3.56. The van der Waals surface area contributed by atoms with Gasteiger partial charge in [-0.15, -0.1) is 11.8 Å². The van der Waals surface area contributed by atoms with Crippen LogP contribution in [0.4, 0.5) is 5.69 Å². The quantitative estimate of drug-likeness (QED) is 0.762.